The van der Waals surface area contributed by atoms with Gasteiger partial charge in [-0.25, -0.2) is 4.79 Å². The van der Waals surface area contributed by atoms with Crippen molar-refractivity contribution >= 4 is 6.03 Å². The maximum absolute atomic E-state index is 11.5. The molecule has 0 spiro atoms. The van der Waals surface area contributed by atoms with E-state index in [1.165, 1.54) is 0 Å². The van der Waals surface area contributed by atoms with E-state index in [-0.39, 0.29) is 18.7 Å². The van der Waals surface area contributed by atoms with Crippen molar-refractivity contribution < 1.29 is 9.90 Å². The molecule has 1 aliphatic rings. The number of benzene rings is 1. The number of hydrogen-bond acceptors (Lipinski definition) is 2. The van der Waals surface area contributed by atoms with Crippen molar-refractivity contribution in [2.75, 3.05) is 6.61 Å². The van der Waals surface area contributed by atoms with Crippen LogP contribution in [0.3, 0.4) is 0 Å². The zero-order valence-electron chi connectivity index (χ0n) is 9.73. The van der Waals surface area contributed by atoms with E-state index in [0.717, 1.165) is 18.4 Å². The molecule has 2 rings (SSSR count). The predicted molar refractivity (Wildman–Crippen MR) is 65.7 cm³/mol. The number of hydrogen-bond donors (Lipinski definition) is 3. The minimum absolute atomic E-state index is 0.0486. The van der Waals surface area contributed by atoms with Gasteiger partial charge < -0.3 is 15.7 Å². The SMILES string of the molecule is O=C(NC1CC1)N[C@H](CO)Cc1ccccc1. The largest absolute Gasteiger partial charge is 0.394 e. The summed E-state index contributed by atoms with van der Waals surface area (Å²) < 4.78 is 0. The number of rotatable bonds is 5. The zero-order valence-corrected chi connectivity index (χ0v) is 9.73. The fraction of sp³-hybridized carbons (Fsp3) is 0.462. The van der Waals surface area contributed by atoms with E-state index in [1.807, 2.05) is 30.3 Å². The van der Waals surface area contributed by atoms with E-state index in [4.69, 9.17) is 0 Å². The first-order valence-electron chi connectivity index (χ1n) is 5.99. The van der Waals surface area contributed by atoms with Gasteiger partial charge in [-0.05, 0) is 24.8 Å². The summed E-state index contributed by atoms with van der Waals surface area (Å²) in [4.78, 5) is 11.5. The lowest BCUT2D eigenvalue weighted by Gasteiger charge is -2.16. The lowest BCUT2D eigenvalue weighted by atomic mass is 10.1. The highest BCUT2D eigenvalue weighted by atomic mass is 16.3. The molecule has 1 aliphatic carbocycles. The van der Waals surface area contributed by atoms with Gasteiger partial charge in [-0.3, -0.25) is 0 Å². The van der Waals surface area contributed by atoms with Crippen LogP contribution in [0.5, 0.6) is 0 Å². The molecule has 0 aliphatic heterocycles. The molecule has 1 fully saturated rings. The van der Waals surface area contributed by atoms with Gasteiger partial charge in [0, 0.05) is 6.04 Å². The van der Waals surface area contributed by atoms with E-state index in [1.54, 1.807) is 0 Å². The molecule has 1 atom stereocenters. The summed E-state index contributed by atoms with van der Waals surface area (Å²) >= 11 is 0. The van der Waals surface area contributed by atoms with Crippen molar-refractivity contribution in [1.29, 1.82) is 0 Å². The predicted octanol–water partition coefficient (Wildman–Crippen LogP) is 1.05. The van der Waals surface area contributed by atoms with Gasteiger partial charge in [0.05, 0.1) is 12.6 Å². The first-order valence-corrected chi connectivity index (χ1v) is 5.99. The molecule has 4 heteroatoms. The summed E-state index contributed by atoms with van der Waals surface area (Å²) in [5, 5.41) is 14.9. The molecule has 0 saturated heterocycles. The Kier molecular flexibility index (Phi) is 3.98. The fourth-order valence-corrected chi connectivity index (χ4v) is 1.70. The highest BCUT2D eigenvalue weighted by Gasteiger charge is 2.24. The summed E-state index contributed by atoms with van der Waals surface area (Å²) in [5.74, 6) is 0. The number of carbonyl (C=O) groups excluding carboxylic acids is 1. The van der Waals surface area contributed by atoms with Crippen LogP contribution >= 0.6 is 0 Å². The smallest absolute Gasteiger partial charge is 0.315 e. The van der Waals surface area contributed by atoms with Crippen LogP contribution in [0.15, 0.2) is 30.3 Å². The zero-order chi connectivity index (χ0) is 12.1. The molecular weight excluding hydrogens is 216 g/mol. The molecule has 4 nitrogen and oxygen atoms in total. The number of urea groups is 1. The molecule has 1 aromatic rings. The summed E-state index contributed by atoms with van der Waals surface area (Å²) in [6.45, 7) is -0.0486. The van der Waals surface area contributed by atoms with E-state index >= 15 is 0 Å². The first-order chi connectivity index (χ1) is 8.28. The van der Waals surface area contributed by atoms with Crippen LogP contribution in [0.1, 0.15) is 18.4 Å². The van der Waals surface area contributed by atoms with Gasteiger partial charge in [0.25, 0.3) is 0 Å². The fourth-order valence-electron chi connectivity index (χ4n) is 1.70. The topological polar surface area (TPSA) is 61.4 Å². The van der Waals surface area contributed by atoms with Gasteiger partial charge in [-0.15, -0.1) is 0 Å². The molecule has 0 heterocycles. The Balaban J connectivity index is 1.81. The molecule has 17 heavy (non-hydrogen) atoms. The Morgan fingerprint density at radius 1 is 1.35 bits per heavy atom. The average molecular weight is 234 g/mol. The Labute approximate surface area is 101 Å². The average Bonchev–Trinajstić information content (AvgIpc) is 3.13. The Morgan fingerprint density at radius 2 is 2.06 bits per heavy atom. The third-order valence-corrected chi connectivity index (χ3v) is 2.79. The highest BCUT2D eigenvalue weighted by Crippen LogP contribution is 2.18. The number of nitrogens with one attached hydrogen (secondary N) is 2. The maximum Gasteiger partial charge on any atom is 0.315 e. The number of amides is 2. The second kappa shape index (κ2) is 5.68. The lowest BCUT2D eigenvalue weighted by Crippen LogP contribution is -2.45. The summed E-state index contributed by atoms with van der Waals surface area (Å²) in [5.41, 5.74) is 1.11. The molecule has 0 aromatic heterocycles. The van der Waals surface area contributed by atoms with Gasteiger partial charge in [-0.2, -0.15) is 0 Å². The third kappa shape index (κ3) is 4.07. The van der Waals surface area contributed by atoms with E-state index in [9.17, 15) is 9.90 Å². The summed E-state index contributed by atoms with van der Waals surface area (Å²) in [6, 6.07) is 9.77. The van der Waals surface area contributed by atoms with Crippen molar-refractivity contribution in [3.05, 3.63) is 35.9 Å². The first kappa shape index (κ1) is 11.9. The van der Waals surface area contributed by atoms with Gasteiger partial charge in [0.2, 0.25) is 0 Å². The number of carbonyl (C=O) groups is 1. The molecule has 1 saturated carbocycles. The molecule has 92 valence electrons. The lowest BCUT2D eigenvalue weighted by molar-refractivity contribution is 0.215. The molecule has 0 unspecified atom stereocenters. The van der Waals surface area contributed by atoms with Gasteiger partial charge >= 0.3 is 6.03 Å². The van der Waals surface area contributed by atoms with Gasteiger partial charge in [0.1, 0.15) is 0 Å². The molecule has 1 aromatic carbocycles. The molecule has 0 radical (unpaired) electrons. The van der Waals surface area contributed by atoms with Crippen LogP contribution in [-0.2, 0) is 6.42 Å². The molecule has 0 bridgehead atoms. The molecule has 3 N–H and O–H groups in total. The van der Waals surface area contributed by atoms with E-state index < -0.39 is 0 Å². The van der Waals surface area contributed by atoms with Crippen LogP contribution in [0.2, 0.25) is 0 Å². The molecule has 2 amide bonds. The second-order valence-electron chi connectivity index (χ2n) is 4.46. The quantitative estimate of drug-likeness (QED) is 0.713. The van der Waals surface area contributed by atoms with Crippen LogP contribution in [0.4, 0.5) is 4.79 Å². The van der Waals surface area contributed by atoms with Gasteiger partial charge in [-0.1, -0.05) is 30.3 Å². The Hall–Kier alpha value is -1.55. The van der Waals surface area contributed by atoms with Crippen LogP contribution in [-0.4, -0.2) is 29.8 Å². The number of aliphatic hydroxyl groups is 1. The Bertz CT molecular complexity index is 363. The number of aliphatic hydroxyl groups excluding tert-OH is 1. The van der Waals surface area contributed by atoms with Gasteiger partial charge in [0.15, 0.2) is 0 Å². The van der Waals surface area contributed by atoms with Crippen molar-refractivity contribution in [2.24, 2.45) is 0 Å². The Morgan fingerprint density at radius 3 is 2.65 bits per heavy atom. The van der Waals surface area contributed by atoms with Crippen molar-refractivity contribution in [1.82, 2.24) is 10.6 Å². The van der Waals surface area contributed by atoms with Crippen LogP contribution in [0.25, 0.3) is 0 Å². The van der Waals surface area contributed by atoms with Crippen LogP contribution < -0.4 is 10.6 Å². The highest BCUT2D eigenvalue weighted by molar-refractivity contribution is 5.74. The molecular formula is C13H18N2O2. The maximum atomic E-state index is 11.5. The normalized spacial score (nSPS) is 16.3. The standard InChI is InChI=1S/C13H18N2O2/c16-9-12(8-10-4-2-1-3-5-10)15-13(17)14-11-6-7-11/h1-5,11-12,16H,6-9H2,(H2,14,15,17)/t12-/m0/s1. The van der Waals surface area contributed by atoms with E-state index in [2.05, 4.69) is 10.6 Å². The summed E-state index contributed by atoms with van der Waals surface area (Å²) in [6.07, 6.45) is 2.78. The van der Waals surface area contributed by atoms with Crippen molar-refractivity contribution in [3.63, 3.8) is 0 Å². The minimum Gasteiger partial charge on any atom is -0.394 e. The van der Waals surface area contributed by atoms with E-state index in [0.29, 0.717) is 12.5 Å². The van der Waals surface area contributed by atoms with Crippen molar-refractivity contribution in [2.45, 2.75) is 31.3 Å². The van der Waals surface area contributed by atoms with Crippen molar-refractivity contribution in [3.8, 4) is 0 Å². The second-order valence-corrected chi connectivity index (χ2v) is 4.46. The monoisotopic (exact) mass is 234 g/mol. The minimum atomic E-state index is -0.226. The third-order valence-electron chi connectivity index (χ3n) is 2.79. The van der Waals surface area contributed by atoms with Crippen LogP contribution in [0, 0.1) is 0 Å². The summed E-state index contributed by atoms with van der Waals surface area (Å²) in [7, 11) is 0.